The van der Waals surface area contributed by atoms with Crippen molar-refractivity contribution in [1.29, 1.82) is 5.26 Å². The summed E-state index contributed by atoms with van der Waals surface area (Å²) in [7, 11) is 0. The maximum Gasteiger partial charge on any atom is 0.286 e. The molecule has 1 aliphatic rings. The van der Waals surface area contributed by atoms with Gasteiger partial charge < -0.3 is 4.74 Å². The van der Waals surface area contributed by atoms with Crippen molar-refractivity contribution in [2.75, 3.05) is 6.54 Å². The summed E-state index contributed by atoms with van der Waals surface area (Å²) >= 11 is 0. The molecule has 1 aliphatic carbocycles. The molecule has 4 heteroatoms. The number of aliphatic imine (C=N–C) groups is 1. The Bertz CT molecular complexity index is 240. The topological polar surface area (TPSA) is 62.4 Å². The summed E-state index contributed by atoms with van der Waals surface area (Å²) < 4.78 is 4.86. The molecule has 2 unspecified atom stereocenters. The van der Waals surface area contributed by atoms with Gasteiger partial charge in [-0.25, -0.2) is 9.79 Å². The number of nitrogens with zero attached hydrogens (tertiary/aromatic N) is 2. The zero-order valence-electron chi connectivity index (χ0n) is 7.40. The molecule has 0 N–H and O–H groups in total. The fraction of sp³-hybridized carbons (Fsp3) is 0.778. The quantitative estimate of drug-likeness (QED) is 0.374. The number of nitriles is 1. The summed E-state index contributed by atoms with van der Waals surface area (Å²) in [6, 6.07) is 0. The van der Waals surface area contributed by atoms with Crippen molar-refractivity contribution < 1.29 is 9.53 Å². The Hall–Kier alpha value is -1.33. The molecule has 0 amide bonds. The Labute approximate surface area is 77.2 Å². The van der Waals surface area contributed by atoms with Crippen LogP contribution in [0, 0.1) is 17.4 Å². The van der Waals surface area contributed by atoms with Crippen molar-refractivity contribution in [3.8, 4) is 6.26 Å². The number of isocyanates is 1. The molecule has 1 fully saturated rings. The van der Waals surface area contributed by atoms with Crippen LogP contribution in [-0.2, 0) is 9.53 Å². The van der Waals surface area contributed by atoms with E-state index in [0.717, 1.165) is 25.7 Å². The minimum atomic E-state index is 0.0330. The first-order valence-corrected chi connectivity index (χ1v) is 4.45. The number of hydrogen-bond acceptors (Lipinski definition) is 4. The Morgan fingerprint density at radius 1 is 1.54 bits per heavy atom. The minimum absolute atomic E-state index is 0.0330. The number of rotatable bonds is 3. The summed E-state index contributed by atoms with van der Waals surface area (Å²) in [6.45, 7) is 0.523. The predicted octanol–water partition coefficient (Wildman–Crippen LogP) is 1.38. The summed E-state index contributed by atoms with van der Waals surface area (Å²) in [4.78, 5) is 13.4. The molecule has 0 saturated heterocycles. The third-order valence-corrected chi connectivity index (χ3v) is 2.37. The van der Waals surface area contributed by atoms with Gasteiger partial charge in [0.2, 0.25) is 6.08 Å². The van der Waals surface area contributed by atoms with Gasteiger partial charge in [0.15, 0.2) is 0 Å². The Morgan fingerprint density at radius 3 is 3.08 bits per heavy atom. The lowest BCUT2D eigenvalue weighted by Crippen LogP contribution is -2.23. The van der Waals surface area contributed by atoms with Gasteiger partial charge in [0.25, 0.3) is 6.26 Å². The molecule has 0 heterocycles. The van der Waals surface area contributed by atoms with Crippen LogP contribution in [0.3, 0.4) is 0 Å². The maximum absolute atomic E-state index is 9.88. The highest BCUT2D eigenvalue weighted by molar-refractivity contribution is 5.32. The van der Waals surface area contributed by atoms with Crippen molar-refractivity contribution in [1.82, 2.24) is 0 Å². The zero-order valence-corrected chi connectivity index (χ0v) is 7.40. The van der Waals surface area contributed by atoms with E-state index in [-0.39, 0.29) is 6.10 Å². The fourth-order valence-corrected chi connectivity index (χ4v) is 1.76. The molecule has 4 nitrogen and oxygen atoms in total. The molecule has 0 bridgehead atoms. The molecular formula is C9H12N2O2. The summed E-state index contributed by atoms with van der Waals surface area (Å²) in [5.74, 6) is 0.383. The average molecular weight is 180 g/mol. The highest BCUT2D eigenvalue weighted by atomic mass is 16.5. The van der Waals surface area contributed by atoms with Crippen LogP contribution in [0.5, 0.6) is 0 Å². The molecule has 70 valence electrons. The van der Waals surface area contributed by atoms with Gasteiger partial charge in [0.1, 0.15) is 6.10 Å². The van der Waals surface area contributed by atoms with Crippen LogP contribution in [0.1, 0.15) is 25.7 Å². The average Bonchev–Trinajstić information content (AvgIpc) is 2.16. The van der Waals surface area contributed by atoms with Crippen molar-refractivity contribution in [3.05, 3.63) is 0 Å². The standard InChI is InChI=1S/C9H12N2O2/c10-6-13-9-3-1-2-8(4-9)5-11-7-12/h8-9H,1-5H2. The molecule has 1 rings (SSSR count). The van der Waals surface area contributed by atoms with Crippen LogP contribution in [0.15, 0.2) is 4.99 Å². The lowest BCUT2D eigenvalue weighted by atomic mass is 9.87. The van der Waals surface area contributed by atoms with E-state index in [1.807, 2.05) is 0 Å². The molecule has 0 radical (unpaired) electrons. The van der Waals surface area contributed by atoms with Crippen molar-refractivity contribution in [2.45, 2.75) is 31.8 Å². The van der Waals surface area contributed by atoms with Crippen molar-refractivity contribution in [2.24, 2.45) is 10.9 Å². The third-order valence-electron chi connectivity index (χ3n) is 2.37. The zero-order chi connectivity index (χ0) is 9.52. The van der Waals surface area contributed by atoms with Gasteiger partial charge in [0.05, 0.1) is 6.54 Å². The predicted molar refractivity (Wildman–Crippen MR) is 45.4 cm³/mol. The molecule has 2 atom stereocenters. The first-order chi connectivity index (χ1) is 6.36. The van der Waals surface area contributed by atoms with E-state index in [0.29, 0.717) is 12.5 Å². The highest BCUT2D eigenvalue weighted by Gasteiger charge is 2.22. The SMILES string of the molecule is N#COC1CCCC(CN=C=O)C1. The van der Waals surface area contributed by atoms with Gasteiger partial charge in [-0.1, -0.05) is 0 Å². The molecular weight excluding hydrogens is 168 g/mol. The Kier molecular flexibility index (Phi) is 4.01. The van der Waals surface area contributed by atoms with Crippen LogP contribution in [0.25, 0.3) is 0 Å². The second-order valence-electron chi connectivity index (χ2n) is 3.30. The molecule has 0 spiro atoms. The third kappa shape index (κ3) is 3.27. The second kappa shape index (κ2) is 5.34. The van der Waals surface area contributed by atoms with Crippen LogP contribution < -0.4 is 0 Å². The van der Waals surface area contributed by atoms with Crippen LogP contribution in [0.4, 0.5) is 0 Å². The first-order valence-electron chi connectivity index (χ1n) is 4.45. The van der Waals surface area contributed by atoms with Gasteiger partial charge in [-0.2, -0.15) is 5.26 Å². The van der Waals surface area contributed by atoms with E-state index in [1.54, 1.807) is 6.26 Å². The fourth-order valence-electron chi connectivity index (χ4n) is 1.76. The van der Waals surface area contributed by atoms with Crippen LogP contribution in [-0.4, -0.2) is 18.7 Å². The lowest BCUT2D eigenvalue weighted by Gasteiger charge is -2.25. The number of carbonyl (C=O) groups excluding carboxylic acids is 1. The minimum Gasteiger partial charge on any atom is -0.424 e. The summed E-state index contributed by atoms with van der Waals surface area (Å²) in [5.41, 5.74) is 0. The normalized spacial score (nSPS) is 27.0. The second-order valence-corrected chi connectivity index (χ2v) is 3.30. The molecule has 0 aromatic carbocycles. The maximum atomic E-state index is 9.88. The van der Waals surface area contributed by atoms with Crippen molar-refractivity contribution >= 4 is 6.08 Å². The van der Waals surface area contributed by atoms with Gasteiger partial charge in [-0.15, -0.1) is 0 Å². The highest BCUT2D eigenvalue weighted by Crippen LogP contribution is 2.26. The number of hydrogen-bond donors (Lipinski definition) is 0. The molecule has 0 aromatic heterocycles. The van der Waals surface area contributed by atoms with E-state index >= 15 is 0 Å². The summed E-state index contributed by atoms with van der Waals surface area (Å²) in [6.07, 6.45) is 7.15. The van der Waals surface area contributed by atoms with Gasteiger partial charge in [-0.05, 0) is 31.6 Å². The molecule has 13 heavy (non-hydrogen) atoms. The van der Waals surface area contributed by atoms with E-state index in [9.17, 15) is 4.79 Å². The Balaban J connectivity index is 2.33. The Morgan fingerprint density at radius 2 is 2.38 bits per heavy atom. The van der Waals surface area contributed by atoms with Gasteiger partial charge in [0, 0.05) is 0 Å². The number of ether oxygens (including phenoxy) is 1. The van der Waals surface area contributed by atoms with Gasteiger partial charge in [-0.3, -0.25) is 0 Å². The molecule has 0 aliphatic heterocycles. The smallest absolute Gasteiger partial charge is 0.286 e. The van der Waals surface area contributed by atoms with Gasteiger partial charge >= 0.3 is 0 Å². The van der Waals surface area contributed by atoms with E-state index in [2.05, 4.69) is 4.99 Å². The van der Waals surface area contributed by atoms with Crippen molar-refractivity contribution in [3.63, 3.8) is 0 Å². The first kappa shape index (κ1) is 9.76. The van der Waals surface area contributed by atoms with E-state index in [1.165, 1.54) is 6.08 Å². The molecule has 1 saturated carbocycles. The largest absolute Gasteiger partial charge is 0.424 e. The van der Waals surface area contributed by atoms with E-state index < -0.39 is 0 Å². The monoisotopic (exact) mass is 180 g/mol. The van der Waals surface area contributed by atoms with Crippen LogP contribution >= 0.6 is 0 Å². The van der Waals surface area contributed by atoms with Crippen LogP contribution in [0.2, 0.25) is 0 Å². The lowest BCUT2D eigenvalue weighted by molar-refractivity contribution is 0.0959. The molecule has 0 aromatic rings. The summed E-state index contributed by atoms with van der Waals surface area (Å²) in [5, 5.41) is 8.32. The van der Waals surface area contributed by atoms with E-state index in [4.69, 9.17) is 10.00 Å².